The molecule has 0 aliphatic carbocycles. The van der Waals surface area contributed by atoms with E-state index in [1.807, 2.05) is 35.2 Å². The second kappa shape index (κ2) is 9.16. The van der Waals surface area contributed by atoms with Gasteiger partial charge in [-0.25, -0.2) is 0 Å². The van der Waals surface area contributed by atoms with Crippen molar-refractivity contribution >= 4 is 22.6 Å². The highest BCUT2D eigenvalue weighted by molar-refractivity contribution is 5.83. The number of nitrogens with one attached hydrogen (secondary N) is 1. The molecule has 5 nitrogen and oxygen atoms in total. The smallest absolute Gasteiger partial charge is 0.260 e. The molecule has 1 amide bonds. The van der Waals surface area contributed by atoms with Crippen molar-refractivity contribution in [3.8, 4) is 5.75 Å². The number of likely N-dealkylation sites (tertiary alicyclic amines) is 1. The number of H-pyrrole nitrogens is 1. The Bertz CT molecular complexity index is 1010. The van der Waals surface area contributed by atoms with Crippen LogP contribution in [0.3, 0.4) is 0 Å². The first-order valence-corrected chi connectivity index (χ1v) is 10.6. The van der Waals surface area contributed by atoms with Crippen LogP contribution >= 0.6 is 0 Å². The van der Waals surface area contributed by atoms with Crippen LogP contribution in [0.5, 0.6) is 5.75 Å². The summed E-state index contributed by atoms with van der Waals surface area (Å²) in [6, 6.07) is 16.0. The number of ketones is 1. The van der Waals surface area contributed by atoms with Gasteiger partial charge in [-0.3, -0.25) is 4.79 Å². The summed E-state index contributed by atoms with van der Waals surface area (Å²) in [4.78, 5) is 28.9. The minimum atomic E-state index is 0.0352. The van der Waals surface area contributed by atoms with Crippen molar-refractivity contribution in [3.63, 3.8) is 0 Å². The zero-order chi connectivity index (χ0) is 20.9. The summed E-state index contributed by atoms with van der Waals surface area (Å²) in [7, 11) is 0. The maximum atomic E-state index is 12.6. The second-order valence-corrected chi connectivity index (χ2v) is 8.08. The summed E-state index contributed by atoms with van der Waals surface area (Å²) in [6.07, 6.45) is 5.35. The number of rotatable bonds is 7. The summed E-state index contributed by atoms with van der Waals surface area (Å²) in [5, 5.41) is 1.29. The van der Waals surface area contributed by atoms with Gasteiger partial charge >= 0.3 is 0 Å². The van der Waals surface area contributed by atoms with Gasteiger partial charge in [0.15, 0.2) is 6.61 Å². The average molecular weight is 405 g/mol. The van der Waals surface area contributed by atoms with Crippen molar-refractivity contribution in [2.45, 2.75) is 38.5 Å². The third-order valence-corrected chi connectivity index (χ3v) is 5.96. The van der Waals surface area contributed by atoms with E-state index in [2.05, 4.69) is 29.4 Å². The van der Waals surface area contributed by atoms with Crippen LogP contribution in [0.4, 0.5) is 0 Å². The second-order valence-electron chi connectivity index (χ2n) is 8.08. The van der Waals surface area contributed by atoms with Gasteiger partial charge in [-0.15, -0.1) is 0 Å². The van der Waals surface area contributed by atoms with Crippen molar-refractivity contribution in [2.75, 3.05) is 19.7 Å². The van der Waals surface area contributed by atoms with Crippen molar-refractivity contribution in [2.24, 2.45) is 0 Å². The number of carbonyl (C=O) groups is 2. The Morgan fingerprint density at radius 2 is 1.80 bits per heavy atom. The number of ether oxygens (including phenoxy) is 1. The highest BCUT2D eigenvalue weighted by Gasteiger charge is 2.25. The molecular weight excluding hydrogens is 376 g/mol. The summed E-state index contributed by atoms with van der Waals surface area (Å²) in [5.41, 5.74) is 3.63. The zero-order valence-electron chi connectivity index (χ0n) is 17.4. The van der Waals surface area contributed by atoms with E-state index in [1.54, 1.807) is 6.92 Å². The fourth-order valence-corrected chi connectivity index (χ4v) is 4.18. The molecule has 1 saturated heterocycles. The van der Waals surface area contributed by atoms with Crippen LogP contribution in [-0.4, -0.2) is 41.3 Å². The molecule has 1 aromatic heterocycles. The molecule has 0 atom stereocenters. The number of Topliss-reactive ketones (excluding diaryl/α,β-unsaturated/α-hetero) is 1. The Labute approximate surface area is 177 Å². The number of nitrogens with zero attached hydrogens (tertiary/aromatic N) is 1. The Balaban J connectivity index is 1.26. The normalized spacial score (nSPS) is 14.8. The van der Waals surface area contributed by atoms with E-state index < -0.39 is 0 Å². The minimum absolute atomic E-state index is 0.0352. The van der Waals surface area contributed by atoms with Crippen LogP contribution in [0.2, 0.25) is 0 Å². The van der Waals surface area contributed by atoms with Gasteiger partial charge in [0.1, 0.15) is 11.5 Å². The lowest BCUT2D eigenvalue weighted by Crippen LogP contribution is -2.40. The highest BCUT2D eigenvalue weighted by Crippen LogP contribution is 2.33. The molecule has 0 radical (unpaired) electrons. The monoisotopic (exact) mass is 404 g/mol. The predicted octanol–water partition coefficient (Wildman–Crippen LogP) is 4.47. The maximum Gasteiger partial charge on any atom is 0.260 e. The van der Waals surface area contributed by atoms with E-state index >= 15 is 0 Å². The number of aromatic nitrogens is 1. The highest BCUT2D eigenvalue weighted by atomic mass is 16.5. The zero-order valence-corrected chi connectivity index (χ0v) is 17.4. The van der Waals surface area contributed by atoms with Crippen LogP contribution < -0.4 is 4.74 Å². The molecule has 0 saturated carbocycles. The van der Waals surface area contributed by atoms with Gasteiger partial charge in [0.2, 0.25) is 0 Å². The Kier molecular flexibility index (Phi) is 6.17. The van der Waals surface area contributed by atoms with Crippen LogP contribution in [0, 0.1) is 0 Å². The number of hydrogen-bond acceptors (Lipinski definition) is 3. The molecule has 1 N–H and O–H groups in total. The molecule has 3 aromatic rings. The van der Waals surface area contributed by atoms with E-state index in [0.717, 1.165) is 37.9 Å². The predicted molar refractivity (Wildman–Crippen MR) is 118 cm³/mol. The lowest BCUT2D eigenvalue weighted by molar-refractivity contribution is -0.134. The summed E-state index contributed by atoms with van der Waals surface area (Å²) in [5.74, 6) is 1.39. The van der Waals surface area contributed by atoms with Crippen molar-refractivity contribution in [3.05, 3.63) is 65.9 Å². The largest absolute Gasteiger partial charge is 0.484 e. The van der Waals surface area contributed by atoms with Gasteiger partial charge < -0.3 is 19.4 Å². The van der Waals surface area contributed by atoms with Gasteiger partial charge in [-0.1, -0.05) is 30.3 Å². The molecule has 156 valence electrons. The molecule has 0 bridgehead atoms. The number of benzene rings is 2. The molecule has 4 rings (SSSR count). The first-order chi connectivity index (χ1) is 14.6. The first-order valence-electron chi connectivity index (χ1n) is 10.6. The third-order valence-electron chi connectivity index (χ3n) is 5.96. The van der Waals surface area contributed by atoms with Crippen LogP contribution in [0.1, 0.15) is 43.2 Å². The molecule has 0 spiro atoms. The first kappa shape index (κ1) is 20.2. The Morgan fingerprint density at radius 3 is 2.53 bits per heavy atom. The standard InChI is InChI=1S/C25H28N2O3/c1-18(28)6-7-19-8-10-21(11-9-19)30-17-25(29)27-14-12-20(13-15-27)23-16-26-24-5-3-2-4-22(23)24/h2-5,8-11,16,20,26H,6-7,12-15,17H2,1H3. The topological polar surface area (TPSA) is 62.4 Å². The summed E-state index contributed by atoms with van der Waals surface area (Å²) in [6.45, 7) is 3.18. The van der Waals surface area contributed by atoms with Crippen LogP contribution in [-0.2, 0) is 16.0 Å². The Morgan fingerprint density at radius 1 is 1.07 bits per heavy atom. The van der Waals surface area contributed by atoms with Crippen LogP contribution in [0.15, 0.2) is 54.7 Å². The number of carbonyl (C=O) groups excluding carboxylic acids is 2. The number of amides is 1. The molecular formula is C25H28N2O3. The summed E-state index contributed by atoms with van der Waals surface area (Å²) < 4.78 is 5.70. The molecule has 1 aliphatic rings. The lowest BCUT2D eigenvalue weighted by atomic mass is 9.89. The molecule has 2 aromatic carbocycles. The van der Waals surface area contributed by atoms with Crippen molar-refractivity contribution in [1.29, 1.82) is 0 Å². The van der Waals surface area contributed by atoms with E-state index in [9.17, 15) is 9.59 Å². The van der Waals surface area contributed by atoms with Crippen molar-refractivity contribution < 1.29 is 14.3 Å². The molecule has 1 aliphatic heterocycles. The van der Waals surface area contributed by atoms with Gasteiger partial charge in [0.25, 0.3) is 5.91 Å². The molecule has 30 heavy (non-hydrogen) atoms. The lowest BCUT2D eigenvalue weighted by Gasteiger charge is -2.32. The molecule has 2 heterocycles. The van der Waals surface area contributed by atoms with Gasteiger partial charge in [0.05, 0.1) is 0 Å². The minimum Gasteiger partial charge on any atom is -0.484 e. The summed E-state index contributed by atoms with van der Waals surface area (Å²) >= 11 is 0. The molecule has 5 heteroatoms. The number of hydrogen-bond donors (Lipinski definition) is 1. The van der Waals surface area contributed by atoms with Gasteiger partial charge in [-0.2, -0.15) is 0 Å². The van der Waals surface area contributed by atoms with E-state index in [4.69, 9.17) is 4.74 Å². The number of para-hydroxylation sites is 1. The third kappa shape index (κ3) is 4.73. The quantitative estimate of drug-likeness (QED) is 0.632. The molecule has 1 fully saturated rings. The maximum absolute atomic E-state index is 12.6. The van der Waals surface area contributed by atoms with E-state index in [-0.39, 0.29) is 18.3 Å². The SMILES string of the molecule is CC(=O)CCc1ccc(OCC(=O)N2CCC(c3c[nH]c4ccccc34)CC2)cc1. The van der Waals surface area contributed by atoms with Gasteiger partial charge in [0, 0.05) is 36.6 Å². The van der Waals surface area contributed by atoms with Gasteiger partial charge in [-0.05, 0) is 61.4 Å². The van der Waals surface area contributed by atoms with E-state index in [0.29, 0.717) is 18.1 Å². The number of aromatic amines is 1. The van der Waals surface area contributed by atoms with E-state index in [1.165, 1.54) is 16.5 Å². The molecule has 0 unspecified atom stereocenters. The van der Waals surface area contributed by atoms with Crippen LogP contribution in [0.25, 0.3) is 10.9 Å². The number of piperidine rings is 1. The Hall–Kier alpha value is -3.08. The average Bonchev–Trinajstić information content (AvgIpc) is 3.21. The van der Waals surface area contributed by atoms with Crippen molar-refractivity contribution in [1.82, 2.24) is 9.88 Å². The fourth-order valence-electron chi connectivity index (χ4n) is 4.18. The fraction of sp³-hybridized carbons (Fsp3) is 0.360. The number of aryl methyl sites for hydroxylation is 1. The number of fused-ring (bicyclic) bond motifs is 1.